The fourth-order valence-electron chi connectivity index (χ4n) is 1.96. The first kappa shape index (κ1) is 25.4. The molecule has 1 heterocycles. The number of halogens is 3. The molecule has 0 aliphatic rings. The van der Waals surface area contributed by atoms with E-state index >= 15 is 0 Å². The van der Waals surface area contributed by atoms with Crippen LogP contribution in [0, 0.1) is 0 Å². The van der Waals surface area contributed by atoms with Crippen LogP contribution in [0.5, 0.6) is 5.75 Å². The van der Waals surface area contributed by atoms with Crippen LogP contribution in [-0.4, -0.2) is 11.3 Å². The number of benzene rings is 2. The molecule has 0 saturated carbocycles. The van der Waals surface area contributed by atoms with Gasteiger partial charge in [0.05, 0.1) is 5.69 Å². The summed E-state index contributed by atoms with van der Waals surface area (Å²) < 4.78 is 0. The average molecular weight is 434 g/mol. The summed E-state index contributed by atoms with van der Waals surface area (Å²) in [5.41, 5.74) is 2.72. The number of phenolic OH excluding ortho intramolecular Hbond substituents is 1. The Kier molecular flexibility index (Phi) is 13.3. The fraction of sp³-hybridized carbons (Fsp3) is 0. The van der Waals surface area contributed by atoms with Gasteiger partial charge in [0.2, 0.25) is 0 Å². The summed E-state index contributed by atoms with van der Waals surface area (Å²) in [7, 11) is 0. The normalized spacial score (nSPS) is 9.17. The standard InChI is InChI=1S/C17H13NOS.3ClH.Ti/c19-16-9-4-1-6-13(16)12-18-15-8-3-2-7-14(15)17-10-5-11-20-17;;;;/h1-12,19H;3*1H;/q;;;;+3/p-3. The summed E-state index contributed by atoms with van der Waals surface area (Å²) in [6, 6.07) is 19.3. The predicted octanol–water partition coefficient (Wildman–Crippen LogP) is -4.12. The van der Waals surface area contributed by atoms with Crippen molar-refractivity contribution in [2.75, 3.05) is 0 Å². The van der Waals surface area contributed by atoms with Gasteiger partial charge in [-0.05, 0) is 29.6 Å². The van der Waals surface area contributed by atoms with Crippen LogP contribution >= 0.6 is 11.3 Å². The third kappa shape index (κ3) is 6.25. The molecular weight excluding hydrogens is 420 g/mol. The van der Waals surface area contributed by atoms with E-state index in [2.05, 4.69) is 22.5 Å². The number of hydrogen-bond donors (Lipinski definition) is 1. The van der Waals surface area contributed by atoms with Gasteiger partial charge in [0.1, 0.15) is 5.75 Å². The molecule has 0 aliphatic heterocycles. The van der Waals surface area contributed by atoms with Crippen LogP contribution in [0.4, 0.5) is 5.69 Å². The quantitative estimate of drug-likeness (QED) is 0.331. The van der Waals surface area contributed by atoms with Gasteiger partial charge in [0.15, 0.2) is 0 Å². The zero-order chi connectivity index (χ0) is 13.8. The van der Waals surface area contributed by atoms with Gasteiger partial charge in [-0.15, -0.1) is 11.3 Å². The molecule has 0 unspecified atom stereocenters. The molecule has 1 N–H and O–H groups in total. The van der Waals surface area contributed by atoms with Gasteiger partial charge in [0, 0.05) is 22.2 Å². The number of rotatable bonds is 3. The van der Waals surface area contributed by atoms with Crippen LogP contribution in [0.15, 0.2) is 71.0 Å². The van der Waals surface area contributed by atoms with Crippen molar-refractivity contribution in [3.05, 3.63) is 71.6 Å². The second-order valence-corrected chi connectivity index (χ2v) is 5.26. The van der Waals surface area contributed by atoms with E-state index in [9.17, 15) is 5.11 Å². The molecule has 2 aromatic carbocycles. The van der Waals surface area contributed by atoms with E-state index in [1.165, 1.54) is 4.88 Å². The summed E-state index contributed by atoms with van der Waals surface area (Å²) >= 11 is 1.69. The molecule has 2 nitrogen and oxygen atoms in total. The van der Waals surface area contributed by atoms with Gasteiger partial charge in [-0.3, -0.25) is 4.99 Å². The molecular formula is C17H13Cl3NOSTi. The first-order chi connectivity index (χ1) is 9.84. The molecule has 0 fully saturated rings. The van der Waals surface area contributed by atoms with Crippen LogP contribution in [0.3, 0.4) is 0 Å². The fourth-order valence-corrected chi connectivity index (χ4v) is 2.72. The minimum absolute atomic E-state index is 0. The minimum atomic E-state index is 0. The second kappa shape index (κ2) is 12.5. The molecule has 7 heteroatoms. The van der Waals surface area contributed by atoms with E-state index in [1.807, 2.05) is 36.4 Å². The molecule has 3 rings (SSSR count). The molecule has 0 atom stereocenters. The molecule has 0 bridgehead atoms. The van der Waals surface area contributed by atoms with Gasteiger partial charge in [-0.2, -0.15) is 0 Å². The first-order valence-corrected chi connectivity index (χ1v) is 7.17. The van der Waals surface area contributed by atoms with Crippen LogP contribution in [0.2, 0.25) is 0 Å². The maximum absolute atomic E-state index is 9.75. The van der Waals surface area contributed by atoms with Crippen LogP contribution in [0.25, 0.3) is 10.4 Å². The number of aromatic hydroxyl groups is 1. The summed E-state index contributed by atoms with van der Waals surface area (Å²) in [6.07, 6.45) is 1.70. The van der Waals surface area contributed by atoms with Gasteiger partial charge < -0.3 is 42.3 Å². The smallest absolute Gasteiger partial charge is 1.00 e. The summed E-state index contributed by atoms with van der Waals surface area (Å²) in [6.45, 7) is 0. The van der Waals surface area contributed by atoms with E-state index in [4.69, 9.17) is 0 Å². The van der Waals surface area contributed by atoms with E-state index in [0.717, 1.165) is 11.3 Å². The van der Waals surface area contributed by atoms with Gasteiger partial charge >= 0.3 is 21.7 Å². The molecule has 24 heavy (non-hydrogen) atoms. The molecule has 0 aliphatic carbocycles. The van der Waals surface area contributed by atoms with E-state index in [1.54, 1.807) is 29.7 Å². The van der Waals surface area contributed by atoms with Crippen LogP contribution in [0.1, 0.15) is 5.56 Å². The summed E-state index contributed by atoms with van der Waals surface area (Å²) in [5.74, 6) is 0.241. The van der Waals surface area contributed by atoms with E-state index < -0.39 is 0 Å². The topological polar surface area (TPSA) is 32.6 Å². The number of para-hydroxylation sites is 2. The SMILES string of the molecule is Oc1ccccc1C=Nc1ccccc1-c1cccs1.[Cl-].[Cl-].[Cl-].[Ti+3]. The van der Waals surface area contributed by atoms with Crippen molar-refractivity contribution < 1.29 is 64.0 Å². The third-order valence-electron chi connectivity index (χ3n) is 2.97. The van der Waals surface area contributed by atoms with E-state index in [0.29, 0.717) is 5.56 Å². The molecule has 0 saturated heterocycles. The van der Waals surface area contributed by atoms with Crippen LogP contribution < -0.4 is 37.2 Å². The Hall–Kier alpha value is -0.806. The van der Waals surface area contributed by atoms with Crippen molar-refractivity contribution in [3.63, 3.8) is 0 Å². The van der Waals surface area contributed by atoms with Gasteiger partial charge in [-0.1, -0.05) is 36.4 Å². The van der Waals surface area contributed by atoms with Crippen LogP contribution in [-0.2, 0) is 21.7 Å². The number of phenols is 1. The molecule has 0 amide bonds. The third-order valence-corrected chi connectivity index (χ3v) is 3.87. The molecule has 1 aromatic heterocycles. The monoisotopic (exact) mass is 432 g/mol. The van der Waals surface area contributed by atoms with Gasteiger partial charge in [-0.25, -0.2) is 0 Å². The largest absolute Gasteiger partial charge is 3.00 e. The second-order valence-electron chi connectivity index (χ2n) is 4.31. The number of aliphatic imine (C=N–C) groups is 1. The Bertz CT molecular complexity index is 751. The Labute approximate surface area is 179 Å². The average Bonchev–Trinajstić information content (AvgIpc) is 3.01. The van der Waals surface area contributed by atoms with Crippen molar-refractivity contribution in [2.24, 2.45) is 4.99 Å². The zero-order valence-electron chi connectivity index (χ0n) is 12.4. The number of nitrogens with zero attached hydrogens (tertiary/aromatic N) is 1. The molecule has 1 radical (unpaired) electrons. The maximum atomic E-state index is 9.75. The maximum Gasteiger partial charge on any atom is 3.00 e. The first-order valence-electron chi connectivity index (χ1n) is 6.29. The van der Waals surface area contributed by atoms with Crippen molar-refractivity contribution in [3.8, 4) is 16.2 Å². The Morgan fingerprint density at radius 1 is 0.833 bits per heavy atom. The predicted molar refractivity (Wildman–Crippen MR) is 85.1 cm³/mol. The number of hydrogen-bond acceptors (Lipinski definition) is 3. The van der Waals surface area contributed by atoms with Crippen molar-refractivity contribution in [1.82, 2.24) is 0 Å². The van der Waals surface area contributed by atoms with Crippen molar-refractivity contribution >= 4 is 23.2 Å². The Balaban J connectivity index is 0. The van der Waals surface area contributed by atoms with E-state index in [-0.39, 0.29) is 64.7 Å². The Morgan fingerprint density at radius 2 is 1.50 bits per heavy atom. The number of thiophene rings is 1. The summed E-state index contributed by atoms with van der Waals surface area (Å²) in [4.78, 5) is 5.70. The minimum Gasteiger partial charge on any atom is -1.00 e. The summed E-state index contributed by atoms with van der Waals surface area (Å²) in [5, 5.41) is 11.8. The Morgan fingerprint density at radius 3 is 2.17 bits per heavy atom. The molecule has 3 aromatic rings. The molecule has 123 valence electrons. The van der Waals surface area contributed by atoms with Crippen molar-refractivity contribution in [1.29, 1.82) is 0 Å². The zero-order valence-corrected chi connectivity index (χ0v) is 17.0. The molecule has 0 spiro atoms. The van der Waals surface area contributed by atoms with Crippen molar-refractivity contribution in [2.45, 2.75) is 0 Å². The van der Waals surface area contributed by atoms with Gasteiger partial charge in [0.25, 0.3) is 0 Å².